The predicted octanol–water partition coefficient (Wildman–Crippen LogP) is 5.48. The molecule has 0 saturated heterocycles. The summed E-state index contributed by atoms with van der Waals surface area (Å²) in [5, 5.41) is 9.63. The van der Waals surface area contributed by atoms with E-state index in [1.807, 2.05) is 0 Å². The van der Waals surface area contributed by atoms with Gasteiger partial charge in [-0.25, -0.2) is 4.57 Å². The highest BCUT2D eigenvalue weighted by atomic mass is 31.2. The molecular formula is C28H49O10P. The Morgan fingerprint density at radius 1 is 0.821 bits per heavy atom. The molecule has 0 spiro atoms. The number of hydrogen-bond acceptors (Lipinski definition) is 8. The minimum atomic E-state index is -4.82. The zero-order chi connectivity index (χ0) is 29.2. The summed E-state index contributed by atoms with van der Waals surface area (Å²) < 4.78 is 25.6. The van der Waals surface area contributed by atoms with Crippen LogP contribution in [0.1, 0.15) is 110 Å². The largest absolute Gasteiger partial charge is 0.469 e. The Bertz CT molecular complexity index is 747. The van der Waals surface area contributed by atoms with E-state index in [-0.39, 0.29) is 19.3 Å². The molecule has 3 N–H and O–H groups in total. The molecule has 11 heteroatoms. The maximum Gasteiger partial charge on any atom is 0.469 e. The Hall–Kier alpha value is -1.84. The summed E-state index contributed by atoms with van der Waals surface area (Å²) in [7, 11) is -4.82. The van der Waals surface area contributed by atoms with Gasteiger partial charge in [-0.1, -0.05) is 76.5 Å². The molecule has 0 aliphatic heterocycles. The number of allylic oxidation sites excluding steroid dienone is 3. The lowest BCUT2D eigenvalue weighted by atomic mass is 10.1. The number of carbonyl (C=O) groups is 3. The molecule has 0 aromatic heterocycles. The van der Waals surface area contributed by atoms with E-state index in [0.717, 1.165) is 44.6 Å². The zero-order valence-corrected chi connectivity index (χ0v) is 24.3. The predicted molar refractivity (Wildman–Crippen MR) is 149 cm³/mol. The van der Waals surface area contributed by atoms with Crippen molar-refractivity contribution in [2.75, 3.05) is 13.2 Å². The third kappa shape index (κ3) is 27.5. The number of carbonyl (C=O) groups excluding carboxylic acids is 3. The Labute approximate surface area is 233 Å². The second-order valence-corrected chi connectivity index (χ2v) is 10.8. The Morgan fingerprint density at radius 2 is 1.41 bits per heavy atom. The second-order valence-electron chi connectivity index (χ2n) is 9.54. The van der Waals surface area contributed by atoms with Crippen LogP contribution in [-0.2, 0) is 32.9 Å². The van der Waals surface area contributed by atoms with Crippen LogP contribution in [0, 0.1) is 0 Å². The van der Waals surface area contributed by atoms with E-state index in [1.165, 1.54) is 44.6 Å². The molecule has 0 fully saturated rings. The highest BCUT2D eigenvalue weighted by molar-refractivity contribution is 7.46. The van der Waals surface area contributed by atoms with Crippen LogP contribution in [0.15, 0.2) is 24.3 Å². The molecule has 10 nitrogen and oxygen atoms in total. The average molecular weight is 577 g/mol. The number of phosphoric ester groups is 1. The lowest BCUT2D eigenvalue weighted by molar-refractivity contribution is -0.161. The summed E-state index contributed by atoms with van der Waals surface area (Å²) in [5.74, 6) is -1.28. The van der Waals surface area contributed by atoms with Crippen molar-refractivity contribution in [3.8, 4) is 0 Å². The average Bonchev–Trinajstić information content (AvgIpc) is 2.89. The fraction of sp³-hybridized carbons (Fsp3) is 0.750. The van der Waals surface area contributed by atoms with Gasteiger partial charge in [0.1, 0.15) is 12.9 Å². The fourth-order valence-electron chi connectivity index (χ4n) is 3.67. The number of phosphoric acid groups is 1. The highest BCUT2D eigenvalue weighted by Crippen LogP contribution is 2.35. The molecule has 0 aliphatic carbocycles. The van der Waals surface area contributed by atoms with Gasteiger partial charge in [-0.05, 0) is 44.6 Å². The smallest absolute Gasteiger partial charge is 0.462 e. The van der Waals surface area contributed by atoms with Crippen molar-refractivity contribution in [1.29, 1.82) is 0 Å². The highest BCUT2D eigenvalue weighted by Gasteiger charge is 2.23. The molecule has 1 unspecified atom stereocenters. The van der Waals surface area contributed by atoms with E-state index in [0.29, 0.717) is 12.7 Å². The molecule has 2 atom stereocenters. The van der Waals surface area contributed by atoms with Gasteiger partial charge in [0, 0.05) is 12.8 Å². The lowest BCUT2D eigenvalue weighted by Gasteiger charge is -2.18. The van der Waals surface area contributed by atoms with E-state index >= 15 is 0 Å². The van der Waals surface area contributed by atoms with Crippen LogP contribution in [0.5, 0.6) is 0 Å². The topological polar surface area (TPSA) is 157 Å². The number of unbranched alkanes of at least 4 members (excludes halogenated alkanes) is 11. The number of esters is 2. The number of hydrogen-bond donors (Lipinski definition) is 3. The normalized spacial score (nSPS) is 13.5. The first-order valence-electron chi connectivity index (χ1n) is 14.2. The van der Waals surface area contributed by atoms with Crippen LogP contribution in [0.2, 0.25) is 0 Å². The van der Waals surface area contributed by atoms with Gasteiger partial charge in [0.05, 0.1) is 12.7 Å². The van der Waals surface area contributed by atoms with Gasteiger partial charge in [0.25, 0.3) is 0 Å². The standard InChI is InChI=1S/C28H49O10P/c1-2-3-4-5-6-7-8-9-10-11-12-13-14-15-16-19-27(31)36-23-26(24-37-39(33,34)35)38-28(32)21-20-25(30)18-17-22-29/h9-10,17-18,22,25-26,30H,2-8,11-16,19-21,23-24H2,1H3,(H2,33,34,35)/b10-9-,18-17+/t25?,26-/m1/s1. The lowest BCUT2D eigenvalue weighted by Crippen LogP contribution is -2.29. The molecule has 0 aromatic rings. The summed E-state index contributed by atoms with van der Waals surface area (Å²) in [6.07, 6.45) is 19.9. The van der Waals surface area contributed by atoms with Gasteiger partial charge in [-0.15, -0.1) is 0 Å². The van der Waals surface area contributed by atoms with Crippen molar-refractivity contribution in [2.45, 2.75) is 122 Å². The van der Waals surface area contributed by atoms with Gasteiger partial charge in [-0.3, -0.25) is 18.9 Å². The first-order valence-corrected chi connectivity index (χ1v) is 15.7. The summed E-state index contributed by atoms with van der Waals surface area (Å²) >= 11 is 0. The third-order valence-electron chi connectivity index (χ3n) is 5.86. The maximum atomic E-state index is 12.0. The number of ether oxygens (including phenoxy) is 2. The van der Waals surface area contributed by atoms with Gasteiger partial charge >= 0.3 is 19.8 Å². The molecule has 0 heterocycles. The SMILES string of the molecule is CCCCCCCC/C=C\CCCCCCCC(=O)OC[C@H](COP(=O)(O)O)OC(=O)CCC(O)/C=C/C=O. The van der Waals surface area contributed by atoms with Crippen LogP contribution in [-0.4, -0.2) is 58.5 Å². The van der Waals surface area contributed by atoms with Crippen LogP contribution < -0.4 is 0 Å². The first-order chi connectivity index (χ1) is 18.7. The molecule has 0 bridgehead atoms. The van der Waals surface area contributed by atoms with E-state index in [1.54, 1.807) is 0 Å². The molecule has 0 aromatic carbocycles. The number of aldehydes is 1. The van der Waals surface area contributed by atoms with Gasteiger partial charge in [0.15, 0.2) is 6.10 Å². The molecule has 0 saturated carbocycles. The van der Waals surface area contributed by atoms with Crippen molar-refractivity contribution in [2.24, 2.45) is 0 Å². The van der Waals surface area contributed by atoms with E-state index < -0.39 is 45.2 Å². The summed E-state index contributed by atoms with van der Waals surface area (Å²) in [5.41, 5.74) is 0. The Morgan fingerprint density at radius 3 is 2.00 bits per heavy atom. The second kappa shape index (κ2) is 25.1. The third-order valence-corrected chi connectivity index (χ3v) is 6.34. The number of aliphatic hydroxyl groups excluding tert-OH is 1. The number of aliphatic hydroxyl groups is 1. The maximum absolute atomic E-state index is 12.0. The summed E-state index contributed by atoms with van der Waals surface area (Å²) in [6.45, 7) is 1.15. The van der Waals surface area contributed by atoms with Gasteiger partial charge < -0.3 is 24.4 Å². The Kier molecular flexibility index (Phi) is 24.0. The van der Waals surface area contributed by atoms with Crippen LogP contribution in [0.4, 0.5) is 0 Å². The first kappa shape index (κ1) is 37.2. The van der Waals surface area contributed by atoms with E-state index in [2.05, 4.69) is 23.6 Å². The van der Waals surface area contributed by atoms with E-state index in [9.17, 15) is 24.1 Å². The van der Waals surface area contributed by atoms with Gasteiger partial charge in [0.2, 0.25) is 0 Å². The molecule has 0 amide bonds. The molecule has 0 rings (SSSR count). The van der Waals surface area contributed by atoms with Crippen molar-refractivity contribution in [1.82, 2.24) is 0 Å². The van der Waals surface area contributed by atoms with Crippen molar-refractivity contribution in [3.63, 3.8) is 0 Å². The van der Waals surface area contributed by atoms with Crippen molar-refractivity contribution < 1.29 is 47.8 Å². The Balaban J connectivity index is 4.06. The van der Waals surface area contributed by atoms with Gasteiger partial charge in [-0.2, -0.15) is 0 Å². The summed E-state index contributed by atoms with van der Waals surface area (Å²) in [4.78, 5) is 52.1. The molecule has 226 valence electrons. The van der Waals surface area contributed by atoms with Crippen LogP contribution >= 0.6 is 7.82 Å². The monoisotopic (exact) mass is 576 g/mol. The number of rotatable bonds is 26. The van der Waals surface area contributed by atoms with E-state index in [4.69, 9.17) is 19.3 Å². The van der Waals surface area contributed by atoms with Crippen LogP contribution in [0.3, 0.4) is 0 Å². The fourth-order valence-corrected chi connectivity index (χ4v) is 4.04. The zero-order valence-electron chi connectivity index (χ0n) is 23.4. The van der Waals surface area contributed by atoms with Crippen molar-refractivity contribution in [3.05, 3.63) is 24.3 Å². The molecule has 0 aliphatic rings. The molecule has 0 radical (unpaired) electrons. The minimum absolute atomic E-state index is 0.0233. The quantitative estimate of drug-likeness (QED) is 0.0301. The minimum Gasteiger partial charge on any atom is -0.462 e. The summed E-state index contributed by atoms with van der Waals surface area (Å²) in [6, 6.07) is 0. The molecule has 39 heavy (non-hydrogen) atoms. The van der Waals surface area contributed by atoms with Crippen LogP contribution in [0.25, 0.3) is 0 Å². The molecular weight excluding hydrogens is 527 g/mol. The van der Waals surface area contributed by atoms with Crippen molar-refractivity contribution >= 4 is 26.0 Å².